The lowest BCUT2D eigenvalue weighted by molar-refractivity contribution is -0.138. The van der Waals surface area contributed by atoms with Crippen molar-refractivity contribution in [2.75, 3.05) is 13.1 Å². The molecule has 0 aromatic rings. The summed E-state index contributed by atoms with van der Waals surface area (Å²) in [6.45, 7) is 3.28. The molecule has 7 N–H and O–H groups in total. The van der Waals surface area contributed by atoms with E-state index in [-0.39, 0.29) is 0 Å². The summed E-state index contributed by atoms with van der Waals surface area (Å²) in [4.78, 5) is 9.81. The fourth-order valence-corrected chi connectivity index (χ4v) is 0.463. The summed E-state index contributed by atoms with van der Waals surface area (Å²) in [6, 6.07) is -0.681. The van der Waals surface area contributed by atoms with Crippen LogP contribution in [0.1, 0.15) is 26.2 Å². The van der Waals surface area contributed by atoms with E-state index in [1.807, 2.05) is 0 Å². The third-order valence-corrected chi connectivity index (χ3v) is 1.42. The van der Waals surface area contributed by atoms with E-state index in [4.69, 9.17) is 22.3 Å². The first kappa shape index (κ1) is 14.9. The molecule has 0 aliphatic rings. The topological polar surface area (TPSA) is 115 Å². The summed E-state index contributed by atoms with van der Waals surface area (Å²) in [7, 11) is 0. The molecule has 0 fully saturated rings. The minimum absolute atomic E-state index is 0.495. The maximum Gasteiger partial charge on any atom is 0.320 e. The Morgan fingerprint density at radius 2 is 1.69 bits per heavy atom. The van der Waals surface area contributed by atoms with Gasteiger partial charge in [0.05, 0.1) is 0 Å². The summed E-state index contributed by atoms with van der Waals surface area (Å²) < 4.78 is 0. The van der Waals surface area contributed by atoms with E-state index in [0.29, 0.717) is 6.42 Å². The van der Waals surface area contributed by atoms with Gasteiger partial charge in [0.2, 0.25) is 0 Å². The summed E-state index contributed by atoms with van der Waals surface area (Å²) in [5.74, 6) is -0.928. The Hall–Kier alpha value is -0.650. The standard InChI is InChI=1S/C4H12N2.C4H9NO2/c5-3-1-2-4-6;1-2-3(5)4(6)7/h1-6H2;3H,2,5H2,1H3,(H,6,7). The van der Waals surface area contributed by atoms with E-state index >= 15 is 0 Å². The second-order valence-electron chi connectivity index (χ2n) is 2.64. The number of aliphatic carboxylic acids is 1. The number of carbonyl (C=O) groups is 1. The number of carboxylic acid groups (broad SMARTS) is 1. The monoisotopic (exact) mass is 191 g/mol. The third-order valence-electron chi connectivity index (χ3n) is 1.42. The van der Waals surface area contributed by atoms with E-state index in [1.165, 1.54) is 0 Å². The maximum absolute atomic E-state index is 9.81. The first-order chi connectivity index (χ1) is 6.09. The zero-order valence-corrected chi connectivity index (χ0v) is 8.20. The van der Waals surface area contributed by atoms with Gasteiger partial charge in [0.25, 0.3) is 0 Å². The molecule has 0 radical (unpaired) electrons. The van der Waals surface area contributed by atoms with Crippen LogP contribution in [-0.4, -0.2) is 30.2 Å². The zero-order chi connectivity index (χ0) is 10.7. The van der Waals surface area contributed by atoms with E-state index in [1.54, 1.807) is 6.92 Å². The highest BCUT2D eigenvalue weighted by molar-refractivity contribution is 5.72. The molecule has 0 spiro atoms. The average Bonchev–Trinajstić information content (AvgIpc) is 2.14. The van der Waals surface area contributed by atoms with Gasteiger partial charge < -0.3 is 22.3 Å². The van der Waals surface area contributed by atoms with Gasteiger partial charge >= 0.3 is 5.97 Å². The molecule has 5 heteroatoms. The normalized spacial score (nSPS) is 11.4. The van der Waals surface area contributed by atoms with E-state index < -0.39 is 12.0 Å². The molecule has 5 nitrogen and oxygen atoms in total. The van der Waals surface area contributed by atoms with Crippen molar-refractivity contribution >= 4 is 5.97 Å². The minimum Gasteiger partial charge on any atom is -0.480 e. The molecule has 0 amide bonds. The van der Waals surface area contributed by atoms with Crippen LogP contribution in [0.5, 0.6) is 0 Å². The van der Waals surface area contributed by atoms with Gasteiger partial charge in [0.1, 0.15) is 6.04 Å². The molecular formula is C8H21N3O2. The van der Waals surface area contributed by atoms with Gasteiger partial charge in [0, 0.05) is 0 Å². The Balaban J connectivity index is 0. The van der Waals surface area contributed by atoms with E-state index in [9.17, 15) is 4.79 Å². The van der Waals surface area contributed by atoms with Gasteiger partial charge in [-0.05, 0) is 32.4 Å². The van der Waals surface area contributed by atoms with Crippen LogP contribution in [0.3, 0.4) is 0 Å². The van der Waals surface area contributed by atoms with Crippen LogP contribution in [-0.2, 0) is 4.79 Å². The Morgan fingerprint density at radius 3 is 1.77 bits per heavy atom. The number of nitrogens with two attached hydrogens (primary N) is 3. The van der Waals surface area contributed by atoms with Gasteiger partial charge in [-0.2, -0.15) is 0 Å². The van der Waals surface area contributed by atoms with E-state index in [0.717, 1.165) is 25.9 Å². The maximum atomic E-state index is 9.81. The Labute approximate surface area is 79.3 Å². The van der Waals surface area contributed by atoms with Crippen LogP contribution in [0.2, 0.25) is 0 Å². The molecule has 0 aromatic carbocycles. The number of carboxylic acids is 1. The van der Waals surface area contributed by atoms with Crippen molar-refractivity contribution in [1.29, 1.82) is 0 Å². The molecule has 80 valence electrons. The van der Waals surface area contributed by atoms with Crippen LogP contribution < -0.4 is 17.2 Å². The van der Waals surface area contributed by atoms with Crippen molar-refractivity contribution in [2.24, 2.45) is 17.2 Å². The number of rotatable bonds is 5. The molecule has 0 bridgehead atoms. The van der Waals surface area contributed by atoms with Gasteiger partial charge in [-0.3, -0.25) is 4.79 Å². The van der Waals surface area contributed by atoms with Crippen molar-refractivity contribution < 1.29 is 9.90 Å². The number of unbranched alkanes of at least 4 members (excludes halogenated alkanes) is 1. The lowest BCUT2D eigenvalue weighted by Gasteiger charge is -1.97. The van der Waals surface area contributed by atoms with Crippen LogP contribution >= 0.6 is 0 Å². The molecule has 0 saturated carbocycles. The minimum atomic E-state index is -0.928. The second kappa shape index (κ2) is 11.4. The van der Waals surface area contributed by atoms with Gasteiger partial charge in [-0.1, -0.05) is 6.92 Å². The zero-order valence-electron chi connectivity index (χ0n) is 8.20. The molecule has 0 aliphatic carbocycles. The van der Waals surface area contributed by atoms with Crippen molar-refractivity contribution in [1.82, 2.24) is 0 Å². The smallest absolute Gasteiger partial charge is 0.320 e. The highest BCUT2D eigenvalue weighted by Crippen LogP contribution is 1.82. The predicted molar refractivity (Wildman–Crippen MR) is 53.2 cm³/mol. The van der Waals surface area contributed by atoms with Crippen molar-refractivity contribution in [2.45, 2.75) is 32.2 Å². The molecule has 0 aromatic heterocycles. The quantitative estimate of drug-likeness (QED) is 0.437. The molecule has 1 unspecified atom stereocenters. The Morgan fingerprint density at radius 1 is 1.31 bits per heavy atom. The van der Waals surface area contributed by atoms with Gasteiger partial charge in [0.15, 0.2) is 0 Å². The highest BCUT2D eigenvalue weighted by Gasteiger charge is 2.05. The van der Waals surface area contributed by atoms with Crippen LogP contribution in [0, 0.1) is 0 Å². The third kappa shape index (κ3) is 14.2. The van der Waals surface area contributed by atoms with Crippen molar-refractivity contribution in [3.05, 3.63) is 0 Å². The molecule has 0 heterocycles. The lowest BCUT2D eigenvalue weighted by Crippen LogP contribution is -2.28. The molecular weight excluding hydrogens is 170 g/mol. The van der Waals surface area contributed by atoms with Crippen molar-refractivity contribution in [3.63, 3.8) is 0 Å². The van der Waals surface area contributed by atoms with Gasteiger partial charge in [-0.25, -0.2) is 0 Å². The molecule has 13 heavy (non-hydrogen) atoms. The summed E-state index contributed by atoms with van der Waals surface area (Å²) in [5.41, 5.74) is 15.3. The van der Waals surface area contributed by atoms with Crippen molar-refractivity contribution in [3.8, 4) is 0 Å². The second-order valence-corrected chi connectivity index (χ2v) is 2.64. The van der Waals surface area contributed by atoms with Crippen LogP contribution in [0.25, 0.3) is 0 Å². The SMILES string of the molecule is CCC(N)C(=O)O.NCCCCN. The fraction of sp³-hybridized carbons (Fsp3) is 0.875. The average molecular weight is 191 g/mol. The molecule has 1 atom stereocenters. The van der Waals surface area contributed by atoms with E-state index in [2.05, 4.69) is 0 Å². The first-order valence-corrected chi connectivity index (χ1v) is 4.48. The molecule has 0 saturated heterocycles. The Kier molecular flexibility index (Phi) is 13.0. The van der Waals surface area contributed by atoms with Crippen LogP contribution in [0.15, 0.2) is 0 Å². The Bertz CT molecular complexity index is 116. The van der Waals surface area contributed by atoms with Crippen LogP contribution in [0.4, 0.5) is 0 Å². The summed E-state index contributed by atoms with van der Waals surface area (Å²) in [5, 5.41) is 8.06. The summed E-state index contributed by atoms with van der Waals surface area (Å²) in [6.07, 6.45) is 2.63. The lowest BCUT2D eigenvalue weighted by atomic mass is 10.2. The number of hydrogen-bond donors (Lipinski definition) is 4. The first-order valence-electron chi connectivity index (χ1n) is 4.48. The largest absolute Gasteiger partial charge is 0.480 e. The van der Waals surface area contributed by atoms with Gasteiger partial charge in [-0.15, -0.1) is 0 Å². The number of hydrogen-bond acceptors (Lipinski definition) is 4. The predicted octanol–water partition coefficient (Wildman–Crippen LogP) is -0.508. The molecule has 0 rings (SSSR count). The fourth-order valence-electron chi connectivity index (χ4n) is 0.463. The molecule has 0 aliphatic heterocycles. The highest BCUT2D eigenvalue weighted by atomic mass is 16.4. The summed E-state index contributed by atoms with van der Waals surface area (Å²) >= 11 is 0.